The lowest BCUT2D eigenvalue weighted by Crippen LogP contribution is -2.14. The highest BCUT2D eigenvalue weighted by molar-refractivity contribution is 7.99. The predicted octanol–water partition coefficient (Wildman–Crippen LogP) is 1.26. The van der Waals surface area contributed by atoms with Crippen molar-refractivity contribution < 1.29 is 14.3 Å². The van der Waals surface area contributed by atoms with Gasteiger partial charge in [-0.15, -0.1) is 0 Å². The molecule has 2 aromatic rings. The zero-order valence-electron chi connectivity index (χ0n) is 9.75. The average molecular weight is 278 g/mol. The van der Waals surface area contributed by atoms with Crippen molar-refractivity contribution >= 4 is 23.4 Å². The highest BCUT2D eigenvalue weighted by atomic mass is 32.2. The minimum Gasteiger partial charge on any atom is -0.454 e. The topological polar surface area (TPSA) is 89.1 Å². The van der Waals surface area contributed by atoms with Crippen LogP contribution < -0.4 is 14.8 Å². The predicted molar refractivity (Wildman–Crippen MR) is 68.3 cm³/mol. The number of fused-ring (bicyclic) bond motifs is 1. The number of anilines is 1. The summed E-state index contributed by atoms with van der Waals surface area (Å²) in [6.07, 6.45) is 1.40. The molecule has 3 rings (SSSR count). The molecule has 98 valence electrons. The van der Waals surface area contributed by atoms with Crippen LogP contribution in [0.25, 0.3) is 0 Å². The summed E-state index contributed by atoms with van der Waals surface area (Å²) in [5, 5.41) is 9.77. The summed E-state index contributed by atoms with van der Waals surface area (Å²) in [5.41, 5.74) is 0.674. The van der Waals surface area contributed by atoms with E-state index in [9.17, 15) is 4.79 Å². The largest absolute Gasteiger partial charge is 0.454 e. The SMILES string of the molecule is O=C(CSc1ncn[nH]1)Nc1ccc2c(c1)OCO2. The van der Waals surface area contributed by atoms with E-state index in [0.717, 1.165) is 0 Å². The molecule has 2 N–H and O–H groups in total. The van der Waals surface area contributed by atoms with Crippen LogP contribution in [0.2, 0.25) is 0 Å². The monoisotopic (exact) mass is 278 g/mol. The van der Waals surface area contributed by atoms with E-state index in [-0.39, 0.29) is 18.5 Å². The van der Waals surface area contributed by atoms with Crippen LogP contribution in [0.1, 0.15) is 0 Å². The van der Waals surface area contributed by atoms with Gasteiger partial charge in [0.2, 0.25) is 12.7 Å². The number of benzene rings is 1. The molecule has 2 heterocycles. The number of amides is 1. The number of nitrogens with one attached hydrogen (secondary N) is 2. The van der Waals surface area contributed by atoms with Gasteiger partial charge in [-0.25, -0.2) is 4.98 Å². The van der Waals surface area contributed by atoms with Crippen molar-refractivity contribution in [1.29, 1.82) is 0 Å². The van der Waals surface area contributed by atoms with E-state index < -0.39 is 0 Å². The Balaban J connectivity index is 1.57. The van der Waals surface area contributed by atoms with Crippen molar-refractivity contribution in [2.45, 2.75) is 5.16 Å². The number of nitrogens with zero attached hydrogens (tertiary/aromatic N) is 2. The van der Waals surface area contributed by atoms with Gasteiger partial charge < -0.3 is 14.8 Å². The molecular formula is C11H10N4O3S. The third-order valence-corrected chi connectivity index (χ3v) is 3.27. The fourth-order valence-electron chi connectivity index (χ4n) is 1.57. The van der Waals surface area contributed by atoms with Crippen LogP contribution in [-0.2, 0) is 4.79 Å². The Morgan fingerprint density at radius 3 is 3.16 bits per heavy atom. The average Bonchev–Trinajstić information content (AvgIpc) is 3.07. The molecule has 0 fully saturated rings. The van der Waals surface area contributed by atoms with Gasteiger partial charge in [0, 0.05) is 11.8 Å². The first-order chi connectivity index (χ1) is 9.31. The van der Waals surface area contributed by atoms with Crippen LogP contribution in [-0.4, -0.2) is 33.6 Å². The van der Waals surface area contributed by atoms with Crippen LogP contribution in [0.5, 0.6) is 11.5 Å². The molecule has 0 atom stereocenters. The Morgan fingerprint density at radius 1 is 1.42 bits per heavy atom. The Labute approximate surface area is 112 Å². The summed E-state index contributed by atoms with van der Waals surface area (Å²) in [6.45, 7) is 0.216. The van der Waals surface area contributed by atoms with Gasteiger partial charge in [0.15, 0.2) is 16.7 Å². The lowest BCUT2D eigenvalue weighted by Gasteiger charge is -2.05. The number of hydrogen-bond donors (Lipinski definition) is 2. The smallest absolute Gasteiger partial charge is 0.234 e. The van der Waals surface area contributed by atoms with Gasteiger partial charge in [0.25, 0.3) is 0 Å². The van der Waals surface area contributed by atoms with E-state index in [1.807, 2.05) is 0 Å². The van der Waals surface area contributed by atoms with Crippen LogP contribution in [0.3, 0.4) is 0 Å². The zero-order chi connectivity index (χ0) is 13.1. The van der Waals surface area contributed by atoms with Gasteiger partial charge in [-0.05, 0) is 12.1 Å². The first kappa shape index (κ1) is 11.8. The molecule has 7 nitrogen and oxygen atoms in total. The van der Waals surface area contributed by atoms with Crippen LogP contribution in [0, 0.1) is 0 Å². The van der Waals surface area contributed by atoms with Crippen molar-refractivity contribution in [3.8, 4) is 11.5 Å². The highest BCUT2D eigenvalue weighted by Crippen LogP contribution is 2.34. The quantitative estimate of drug-likeness (QED) is 0.819. The lowest BCUT2D eigenvalue weighted by atomic mass is 10.3. The zero-order valence-corrected chi connectivity index (χ0v) is 10.6. The lowest BCUT2D eigenvalue weighted by molar-refractivity contribution is -0.113. The maximum absolute atomic E-state index is 11.7. The van der Waals surface area contributed by atoms with Gasteiger partial charge >= 0.3 is 0 Å². The maximum atomic E-state index is 11.7. The number of rotatable bonds is 4. The van der Waals surface area contributed by atoms with Gasteiger partial charge in [0.05, 0.1) is 5.75 Å². The van der Waals surface area contributed by atoms with Crippen LogP contribution >= 0.6 is 11.8 Å². The molecule has 0 spiro atoms. The summed E-state index contributed by atoms with van der Waals surface area (Å²) in [7, 11) is 0. The van der Waals surface area contributed by atoms with E-state index in [1.165, 1.54) is 18.1 Å². The number of aromatic nitrogens is 3. The fourth-order valence-corrected chi connectivity index (χ4v) is 2.15. The Hall–Kier alpha value is -2.22. The van der Waals surface area contributed by atoms with Crippen molar-refractivity contribution in [2.75, 3.05) is 17.9 Å². The number of hydrogen-bond acceptors (Lipinski definition) is 6. The number of aromatic amines is 1. The summed E-state index contributed by atoms with van der Waals surface area (Å²) in [4.78, 5) is 15.7. The Bertz CT molecular complexity index is 588. The standard InChI is InChI=1S/C11H10N4O3S/c16-10(4-19-11-12-5-13-15-11)14-7-1-2-8-9(3-7)18-6-17-8/h1-3,5H,4,6H2,(H,14,16)(H,12,13,15). The molecule has 1 aromatic heterocycles. The van der Waals surface area contributed by atoms with E-state index in [4.69, 9.17) is 9.47 Å². The van der Waals surface area contributed by atoms with Crippen molar-refractivity contribution in [3.63, 3.8) is 0 Å². The second-order valence-corrected chi connectivity index (χ2v) is 4.66. The molecule has 1 aliphatic heterocycles. The van der Waals surface area contributed by atoms with Gasteiger partial charge in [0.1, 0.15) is 6.33 Å². The molecule has 19 heavy (non-hydrogen) atoms. The molecule has 0 unspecified atom stereocenters. The molecule has 1 amide bonds. The first-order valence-electron chi connectivity index (χ1n) is 5.49. The highest BCUT2D eigenvalue weighted by Gasteiger charge is 2.14. The van der Waals surface area contributed by atoms with Crippen molar-refractivity contribution in [3.05, 3.63) is 24.5 Å². The van der Waals surface area contributed by atoms with Gasteiger partial charge in [-0.1, -0.05) is 11.8 Å². The first-order valence-corrected chi connectivity index (χ1v) is 6.47. The van der Waals surface area contributed by atoms with E-state index in [2.05, 4.69) is 20.5 Å². The van der Waals surface area contributed by atoms with E-state index in [1.54, 1.807) is 18.2 Å². The molecule has 0 radical (unpaired) electrons. The third kappa shape index (κ3) is 2.79. The molecule has 0 bridgehead atoms. The summed E-state index contributed by atoms with van der Waals surface area (Å²) in [5.74, 6) is 1.46. The van der Waals surface area contributed by atoms with E-state index >= 15 is 0 Å². The van der Waals surface area contributed by atoms with E-state index in [0.29, 0.717) is 22.3 Å². The Kier molecular flexibility index (Phi) is 3.23. The summed E-state index contributed by atoms with van der Waals surface area (Å²) < 4.78 is 10.4. The number of H-pyrrole nitrogens is 1. The second kappa shape index (κ2) is 5.19. The molecule has 0 saturated carbocycles. The summed E-state index contributed by atoms with van der Waals surface area (Å²) in [6, 6.07) is 5.27. The Morgan fingerprint density at radius 2 is 2.32 bits per heavy atom. The molecule has 0 saturated heterocycles. The number of thioether (sulfide) groups is 1. The van der Waals surface area contributed by atoms with Crippen LogP contribution in [0.15, 0.2) is 29.7 Å². The number of carbonyl (C=O) groups is 1. The normalized spacial score (nSPS) is 12.4. The molecule has 0 aliphatic carbocycles. The van der Waals surface area contributed by atoms with Gasteiger partial charge in [-0.2, -0.15) is 5.10 Å². The number of ether oxygens (including phenoxy) is 2. The van der Waals surface area contributed by atoms with Crippen molar-refractivity contribution in [2.24, 2.45) is 0 Å². The molecule has 8 heteroatoms. The third-order valence-electron chi connectivity index (χ3n) is 2.39. The molecular weight excluding hydrogens is 268 g/mol. The molecule has 1 aromatic carbocycles. The van der Waals surface area contributed by atoms with Gasteiger partial charge in [-0.3, -0.25) is 9.89 Å². The minimum absolute atomic E-state index is 0.125. The second-order valence-electron chi connectivity index (χ2n) is 3.70. The minimum atomic E-state index is -0.125. The maximum Gasteiger partial charge on any atom is 0.234 e. The van der Waals surface area contributed by atoms with Crippen molar-refractivity contribution in [1.82, 2.24) is 15.2 Å². The number of carbonyl (C=O) groups excluding carboxylic acids is 1. The van der Waals surface area contributed by atoms with Crippen LogP contribution in [0.4, 0.5) is 5.69 Å². The fraction of sp³-hybridized carbons (Fsp3) is 0.182. The molecule has 1 aliphatic rings. The summed E-state index contributed by atoms with van der Waals surface area (Å²) >= 11 is 1.28.